The number of amides is 1. The smallest absolute Gasteiger partial charge is 0.349 e. The van der Waals surface area contributed by atoms with Gasteiger partial charge in [-0.15, -0.1) is 0 Å². The van der Waals surface area contributed by atoms with Crippen LogP contribution in [0.25, 0.3) is 0 Å². The van der Waals surface area contributed by atoms with Crippen LogP contribution in [0.2, 0.25) is 0 Å². The molecule has 20 heavy (non-hydrogen) atoms. The molecule has 2 atom stereocenters. The molecule has 1 fully saturated rings. The van der Waals surface area contributed by atoms with E-state index in [2.05, 4.69) is 20.5 Å². The van der Waals surface area contributed by atoms with Crippen LogP contribution in [0.4, 0.5) is 13.2 Å². The van der Waals surface area contributed by atoms with E-state index in [9.17, 15) is 22.8 Å². The fraction of sp³-hybridized carbons (Fsp3) is 0.727. The number of hydrogen-bond donors (Lipinski definition) is 3. The van der Waals surface area contributed by atoms with Gasteiger partial charge in [-0.05, 0) is 19.3 Å². The normalized spacial score (nSPS) is 23.6. The summed E-state index contributed by atoms with van der Waals surface area (Å²) in [5, 5.41) is 8.23. The van der Waals surface area contributed by atoms with Crippen molar-refractivity contribution in [2.45, 2.75) is 38.4 Å². The number of H-pyrrole nitrogens is 2. The van der Waals surface area contributed by atoms with E-state index in [0.29, 0.717) is 12.8 Å². The third-order valence-corrected chi connectivity index (χ3v) is 3.49. The van der Waals surface area contributed by atoms with E-state index in [1.54, 1.807) is 0 Å². The maximum absolute atomic E-state index is 12.6. The van der Waals surface area contributed by atoms with Crippen molar-refractivity contribution in [3.8, 4) is 0 Å². The van der Waals surface area contributed by atoms with Crippen LogP contribution in [0.1, 0.15) is 31.5 Å². The van der Waals surface area contributed by atoms with E-state index in [1.165, 1.54) is 0 Å². The minimum atomic E-state index is -4.24. The predicted octanol–water partition coefficient (Wildman–Crippen LogP) is 1.08. The van der Waals surface area contributed by atoms with Crippen LogP contribution in [-0.4, -0.2) is 27.3 Å². The zero-order valence-corrected chi connectivity index (χ0v) is 10.6. The maximum Gasteiger partial charge on any atom is 0.391 e. The van der Waals surface area contributed by atoms with Crippen LogP contribution in [0.15, 0.2) is 4.79 Å². The predicted molar refractivity (Wildman–Crippen MR) is 62.6 cm³/mol. The molecule has 0 saturated heterocycles. The average Bonchev–Trinajstić information content (AvgIpc) is 2.81. The largest absolute Gasteiger partial charge is 0.391 e. The minimum Gasteiger partial charge on any atom is -0.349 e. The zero-order chi connectivity index (χ0) is 14.8. The lowest BCUT2D eigenvalue weighted by Gasteiger charge is -2.29. The van der Waals surface area contributed by atoms with E-state index in [1.807, 2.05) is 0 Å². The highest BCUT2D eigenvalue weighted by Crippen LogP contribution is 2.39. The molecule has 0 aliphatic heterocycles. The molecule has 3 N–H and O–H groups in total. The third kappa shape index (κ3) is 3.61. The number of aromatic amines is 2. The van der Waals surface area contributed by atoms with Gasteiger partial charge in [0.15, 0.2) is 0 Å². The topological polar surface area (TPSA) is 90.6 Å². The maximum atomic E-state index is 12.6. The molecule has 1 aliphatic rings. The molecular weight excluding hydrogens is 277 g/mol. The molecule has 1 heterocycles. The molecule has 2 unspecified atom stereocenters. The van der Waals surface area contributed by atoms with Gasteiger partial charge in [-0.1, -0.05) is 6.42 Å². The molecule has 1 saturated carbocycles. The number of hydrogen-bond acceptors (Lipinski definition) is 3. The van der Waals surface area contributed by atoms with Gasteiger partial charge in [0.05, 0.1) is 12.5 Å². The summed E-state index contributed by atoms with van der Waals surface area (Å²) in [4.78, 5) is 25.0. The first-order valence-electron chi connectivity index (χ1n) is 6.34. The monoisotopic (exact) mass is 292 g/mol. The Morgan fingerprint density at radius 2 is 2.15 bits per heavy atom. The fourth-order valence-electron chi connectivity index (χ4n) is 2.43. The molecule has 1 aromatic heterocycles. The van der Waals surface area contributed by atoms with Crippen molar-refractivity contribution in [3.05, 3.63) is 16.3 Å². The molecule has 0 aromatic carbocycles. The number of aromatic nitrogens is 3. The lowest BCUT2D eigenvalue weighted by Crippen LogP contribution is -2.37. The van der Waals surface area contributed by atoms with Gasteiger partial charge >= 0.3 is 11.9 Å². The summed E-state index contributed by atoms with van der Waals surface area (Å²) >= 11 is 0. The van der Waals surface area contributed by atoms with Crippen LogP contribution in [-0.2, 0) is 11.3 Å². The Morgan fingerprint density at radius 1 is 1.40 bits per heavy atom. The summed E-state index contributed by atoms with van der Waals surface area (Å²) in [6.45, 7) is -0.00917. The van der Waals surface area contributed by atoms with Gasteiger partial charge in [0, 0.05) is 5.92 Å². The van der Waals surface area contributed by atoms with Crippen LogP contribution in [0, 0.1) is 11.8 Å². The van der Waals surface area contributed by atoms with Crippen molar-refractivity contribution < 1.29 is 18.0 Å². The van der Waals surface area contributed by atoms with Crippen molar-refractivity contribution in [1.29, 1.82) is 0 Å². The number of nitrogens with one attached hydrogen (secondary N) is 3. The Balaban J connectivity index is 1.87. The van der Waals surface area contributed by atoms with Gasteiger partial charge in [0.1, 0.15) is 5.82 Å². The number of rotatable bonds is 3. The lowest BCUT2D eigenvalue weighted by atomic mass is 9.80. The molecule has 2 rings (SSSR count). The summed E-state index contributed by atoms with van der Waals surface area (Å²) in [5.41, 5.74) is -0.496. The van der Waals surface area contributed by atoms with Crippen molar-refractivity contribution in [2.24, 2.45) is 11.8 Å². The van der Waals surface area contributed by atoms with Crippen molar-refractivity contribution in [3.63, 3.8) is 0 Å². The summed E-state index contributed by atoms with van der Waals surface area (Å²) < 4.78 is 37.9. The van der Waals surface area contributed by atoms with E-state index >= 15 is 0 Å². The molecule has 1 amide bonds. The molecule has 1 aliphatic carbocycles. The average molecular weight is 292 g/mol. The Morgan fingerprint density at radius 3 is 2.75 bits per heavy atom. The van der Waals surface area contributed by atoms with Gasteiger partial charge in [0.2, 0.25) is 5.91 Å². The SMILES string of the molecule is O=C(NCc1n[nH]c(=O)[nH]1)C1CCCC(C(F)(F)F)C1. The quantitative estimate of drug-likeness (QED) is 0.778. The molecule has 112 valence electrons. The van der Waals surface area contributed by atoms with Crippen LogP contribution in [0.3, 0.4) is 0 Å². The summed E-state index contributed by atoms with van der Waals surface area (Å²) in [6, 6.07) is 0. The molecule has 0 bridgehead atoms. The van der Waals surface area contributed by atoms with Gasteiger partial charge < -0.3 is 5.32 Å². The molecule has 9 heteroatoms. The van der Waals surface area contributed by atoms with Crippen LogP contribution in [0.5, 0.6) is 0 Å². The Hall–Kier alpha value is -1.80. The van der Waals surface area contributed by atoms with Crippen molar-refractivity contribution in [1.82, 2.24) is 20.5 Å². The van der Waals surface area contributed by atoms with E-state index < -0.39 is 29.6 Å². The highest BCUT2D eigenvalue weighted by atomic mass is 19.4. The number of carbonyl (C=O) groups excluding carboxylic acids is 1. The number of nitrogens with zero attached hydrogens (tertiary/aromatic N) is 1. The first-order chi connectivity index (χ1) is 9.36. The van der Waals surface area contributed by atoms with Crippen LogP contribution >= 0.6 is 0 Å². The zero-order valence-electron chi connectivity index (χ0n) is 10.6. The first-order valence-corrected chi connectivity index (χ1v) is 6.34. The highest BCUT2D eigenvalue weighted by Gasteiger charge is 2.43. The number of halogens is 3. The molecule has 0 spiro atoms. The second-order valence-corrected chi connectivity index (χ2v) is 4.94. The molecular formula is C11H15F3N4O2. The van der Waals surface area contributed by atoms with Gasteiger partial charge in [-0.2, -0.15) is 18.3 Å². The van der Waals surface area contributed by atoms with Gasteiger partial charge in [0.25, 0.3) is 0 Å². The third-order valence-electron chi connectivity index (χ3n) is 3.49. The van der Waals surface area contributed by atoms with Gasteiger partial charge in [-0.3, -0.25) is 9.78 Å². The number of alkyl halides is 3. The van der Waals surface area contributed by atoms with E-state index in [4.69, 9.17) is 0 Å². The lowest BCUT2D eigenvalue weighted by molar-refractivity contribution is -0.186. The molecule has 0 radical (unpaired) electrons. The second-order valence-electron chi connectivity index (χ2n) is 4.94. The summed E-state index contributed by atoms with van der Waals surface area (Å²) in [7, 11) is 0. The van der Waals surface area contributed by atoms with Crippen molar-refractivity contribution in [2.75, 3.05) is 0 Å². The Bertz CT molecular complexity index is 522. The fourth-order valence-corrected chi connectivity index (χ4v) is 2.43. The van der Waals surface area contributed by atoms with E-state index in [0.717, 1.165) is 0 Å². The Labute approximate surface area is 112 Å². The molecule has 6 nitrogen and oxygen atoms in total. The summed E-state index contributed by atoms with van der Waals surface area (Å²) in [6.07, 6.45) is -3.49. The number of carbonyl (C=O) groups is 1. The van der Waals surface area contributed by atoms with Gasteiger partial charge in [-0.25, -0.2) is 9.89 Å². The Kier molecular flexibility index (Phi) is 4.15. The minimum absolute atomic E-state index is 0.00917. The molecule has 1 aromatic rings. The van der Waals surface area contributed by atoms with Crippen molar-refractivity contribution >= 4 is 5.91 Å². The summed E-state index contributed by atoms with van der Waals surface area (Å²) in [5.74, 6) is -2.23. The standard InChI is InChI=1S/C11H15F3N4O2/c12-11(13,14)7-3-1-2-6(4-7)9(19)15-5-8-16-10(20)18-17-8/h6-7H,1-5H2,(H,15,19)(H2,16,17,18,20). The highest BCUT2D eigenvalue weighted by molar-refractivity contribution is 5.78. The van der Waals surface area contributed by atoms with E-state index in [-0.39, 0.29) is 25.2 Å². The second kappa shape index (κ2) is 5.68. The first kappa shape index (κ1) is 14.6. The van der Waals surface area contributed by atoms with Crippen LogP contribution < -0.4 is 11.0 Å².